The van der Waals surface area contributed by atoms with Crippen LogP contribution in [0.25, 0.3) is 11.0 Å². The number of nitriles is 1. The Labute approximate surface area is 202 Å². The zero-order valence-electron chi connectivity index (χ0n) is 19.5. The predicted molar refractivity (Wildman–Crippen MR) is 132 cm³/mol. The summed E-state index contributed by atoms with van der Waals surface area (Å²) in [5.41, 5.74) is 11.5. The van der Waals surface area contributed by atoms with Crippen molar-refractivity contribution in [1.29, 1.82) is 5.26 Å². The van der Waals surface area contributed by atoms with Gasteiger partial charge in [-0.15, -0.1) is 0 Å². The summed E-state index contributed by atoms with van der Waals surface area (Å²) in [6.07, 6.45) is 5.62. The monoisotopic (exact) mass is 464 g/mol. The van der Waals surface area contributed by atoms with Crippen LogP contribution in [0.5, 0.6) is 0 Å². The molecule has 0 radical (unpaired) electrons. The number of hydrogen-bond acceptors (Lipinski definition) is 8. The van der Waals surface area contributed by atoms with Gasteiger partial charge in [-0.3, -0.25) is 9.36 Å². The average Bonchev–Trinajstić information content (AvgIpc) is 3.49. The minimum absolute atomic E-state index is 0.0668. The number of benzene rings is 1. The van der Waals surface area contributed by atoms with Crippen LogP contribution >= 0.6 is 0 Å². The van der Waals surface area contributed by atoms with E-state index in [1.807, 2.05) is 53.8 Å². The van der Waals surface area contributed by atoms with Crippen molar-refractivity contribution in [3.05, 3.63) is 88.8 Å². The fraction of sp³-hybridized carbons (Fsp3) is 0.200. The second kappa shape index (κ2) is 9.23. The summed E-state index contributed by atoms with van der Waals surface area (Å²) in [6, 6.07) is 14.1. The Morgan fingerprint density at radius 2 is 1.77 bits per heavy atom. The van der Waals surface area contributed by atoms with Gasteiger partial charge in [0.15, 0.2) is 5.65 Å². The number of aromatic nitrogens is 7. The third-order valence-electron chi connectivity index (χ3n) is 5.80. The van der Waals surface area contributed by atoms with Gasteiger partial charge in [-0.05, 0) is 48.2 Å². The molecule has 4 heterocycles. The van der Waals surface area contributed by atoms with E-state index in [0.717, 1.165) is 34.3 Å². The fourth-order valence-corrected chi connectivity index (χ4v) is 4.06. The summed E-state index contributed by atoms with van der Waals surface area (Å²) in [5, 5.41) is 22.3. The van der Waals surface area contributed by atoms with Gasteiger partial charge in [0.2, 0.25) is 5.82 Å². The van der Waals surface area contributed by atoms with Crippen LogP contribution in [0.15, 0.2) is 55.0 Å². The maximum atomic E-state index is 9.42. The quantitative estimate of drug-likeness (QED) is 0.375. The van der Waals surface area contributed by atoms with Crippen LogP contribution in [-0.4, -0.2) is 34.5 Å². The van der Waals surface area contributed by atoms with Crippen LogP contribution < -0.4 is 11.1 Å². The van der Waals surface area contributed by atoms with Gasteiger partial charge in [0.1, 0.15) is 17.7 Å². The predicted octanol–water partition coefficient (Wildman–Crippen LogP) is 3.20. The summed E-state index contributed by atoms with van der Waals surface area (Å²) >= 11 is 0. The highest BCUT2D eigenvalue weighted by Crippen LogP contribution is 2.22. The molecule has 4 aromatic heterocycles. The Balaban J connectivity index is 1.37. The van der Waals surface area contributed by atoms with E-state index in [0.29, 0.717) is 30.4 Å². The number of pyridine rings is 1. The van der Waals surface area contributed by atoms with E-state index in [4.69, 9.17) is 5.73 Å². The first-order valence-electron chi connectivity index (χ1n) is 11.2. The molecule has 0 amide bonds. The van der Waals surface area contributed by atoms with Crippen LogP contribution in [0.4, 0.5) is 11.6 Å². The molecule has 0 spiro atoms. The van der Waals surface area contributed by atoms with Gasteiger partial charge in [0.05, 0.1) is 18.5 Å². The number of anilines is 2. The summed E-state index contributed by atoms with van der Waals surface area (Å²) in [4.78, 5) is 13.0. The Morgan fingerprint density at radius 3 is 2.43 bits per heavy atom. The van der Waals surface area contributed by atoms with E-state index in [1.54, 1.807) is 6.20 Å². The lowest BCUT2D eigenvalue weighted by Crippen LogP contribution is -2.08. The molecule has 0 aliphatic heterocycles. The number of fused-ring (bicyclic) bond motifs is 1. The molecular weight excluding hydrogens is 440 g/mol. The van der Waals surface area contributed by atoms with Crippen LogP contribution in [0.2, 0.25) is 0 Å². The van der Waals surface area contributed by atoms with E-state index >= 15 is 0 Å². The molecule has 10 nitrogen and oxygen atoms in total. The third kappa shape index (κ3) is 4.79. The normalized spacial score (nSPS) is 11.0. The van der Waals surface area contributed by atoms with Gasteiger partial charge in [0.25, 0.3) is 0 Å². The summed E-state index contributed by atoms with van der Waals surface area (Å²) in [6.45, 7) is 5.71. The van der Waals surface area contributed by atoms with Gasteiger partial charge in [-0.25, -0.2) is 9.97 Å². The highest BCUT2D eigenvalue weighted by atomic mass is 15.3. The van der Waals surface area contributed by atoms with Gasteiger partial charge in [-0.1, -0.05) is 24.3 Å². The minimum atomic E-state index is 0.0668. The summed E-state index contributed by atoms with van der Waals surface area (Å²) < 4.78 is 3.70. The van der Waals surface area contributed by atoms with Crippen molar-refractivity contribution >= 4 is 22.7 Å². The molecule has 35 heavy (non-hydrogen) atoms. The molecule has 10 heteroatoms. The molecule has 174 valence electrons. The first-order chi connectivity index (χ1) is 17.0. The summed E-state index contributed by atoms with van der Waals surface area (Å²) in [7, 11) is 0. The smallest absolute Gasteiger partial charge is 0.236 e. The molecule has 0 aliphatic carbocycles. The van der Waals surface area contributed by atoms with Crippen molar-refractivity contribution in [2.75, 3.05) is 11.1 Å². The lowest BCUT2D eigenvalue weighted by Gasteiger charge is -2.12. The van der Waals surface area contributed by atoms with E-state index in [2.05, 4.69) is 54.7 Å². The Bertz CT molecular complexity index is 1500. The van der Waals surface area contributed by atoms with E-state index in [9.17, 15) is 5.26 Å². The van der Waals surface area contributed by atoms with Crippen LogP contribution in [0.3, 0.4) is 0 Å². The van der Waals surface area contributed by atoms with Crippen LogP contribution in [0.1, 0.15) is 33.8 Å². The lowest BCUT2D eigenvalue weighted by atomic mass is 10.1. The average molecular weight is 465 g/mol. The Hall–Kier alpha value is -4.78. The number of nitrogens with zero attached hydrogens (tertiary/aromatic N) is 8. The zero-order chi connectivity index (χ0) is 24.4. The molecule has 3 N–H and O–H groups in total. The van der Waals surface area contributed by atoms with Crippen molar-refractivity contribution in [1.82, 2.24) is 34.5 Å². The van der Waals surface area contributed by atoms with Crippen LogP contribution in [-0.2, 0) is 19.6 Å². The molecule has 0 atom stereocenters. The molecular formula is C25H24N10. The third-order valence-corrected chi connectivity index (χ3v) is 5.80. The number of nitrogens with two attached hydrogens (primary N) is 1. The number of hydrogen-bond donors (Lipinski definition) is 2. The Kier molecular flexibility index (Phi) is 5.81. The molecule has 0 aliphatic rings. The van der Waals surface area contributed by atoms with Gasteiger partial charge in [-0.2, -0.15) is 20.4 Å². The fourth-order valence-electron chi connectivity index (χ4n) is 4.06. The van der Waals surface area contributed by atoms with E-state index < -0.39 is 0 Å². The lowest BCUT2D eigenvalue weighted by molar-refractivity contribution is 0.681. The van der Waals surface area contributed by atoms with Crippen molar-refractivity contribution in [3.8, 4) is 6.07 Å². The summed E-state index contributed by atoms with van der Waals surface area (Å²) in [5.74, 6) is 1.12. The van der Waals surface area contributed by atoms with Gasteiger partial charge in [0, 0.05) is 30.8 Å². The van der Waals surface area contributed by atoms with Gasteiger partial charge < -0.3 is 11.1 Å². The molecule has 0 saturated carbocycles. The second-order valence-electron chi connectivity index (χ2n) is 8.37. The van der Waals surface area contributed by atoms with Crippen molar-refractivity contribution in [3.63, 3.8) is 0 Å². The molecule has 1 aromatic carbocycles. The molecule has 0 fully saturated rings. The maximum absolute atomic E-state index is 9.42. The Morgan fingerprint density at radius 1 is 1.03 bits per heavy atom. The largest absolute Gasteiger partial charge is 0.384 e. The first-order valence-corrected chi connectivity index (χ1v) is 11.2. The zero-order valence-corrected chi connectivity index (χ0v) is 19.5. The number of aryl methyl sites for hydroxylation is 2. The van der Waals surface area contributed by atoms with E-state index in [-0.39, 0.29) is 5.82 Å². The SMILES string of the molecule is Cc1cc(N)nc(C)c1CNc1nc(C#N)nc2nn(Cc3ccc(Cn4cccn4)cc3)cc12. The van der Waals surface area contributed by atoms with Crippen molar-refractivity contribution in [2.45, 2.75) is 33.5 Å². The molecule has 0 saturated heterocycles. The van der Waals surface area contributed by atoms with Crippen LogP contribution in [0, 0.1) is 25.2 Å². The van der Waals surface area contributed by atoms with Crippen molar-refractivity contribution < 1.29 is 0 Å². The maximum Gasteiger partial charge on any atom is 0.236 e. The topological polar surface area (TPSA) is 136 Å². The number of nitrogen functional groups attached to an aromatic ring is 1. The molecule has 5 rings (SSSR count). The molecule has 0 bridgehead atoms. The molecule has 5 aromatic rings. The standard InChI is InChI=1S/C25H24N10/c1-16-10-22(27)30-17(2)20(16)12-28-24-21-15-35(33-25(21)32-23(11-26)31-24)14-19-6-4-18(5-7-19)13-34-9-3-8-29-34/h3-10,15H,12-14H2,1-2H3,(H2,27,30)(H,28,31,32,33). The molecule has 0 unspecified atom stereocenters. The van der Waals surface area contributed by atoms with Crippen molar-refractivity contribution in [2.24, 2.45) is 0 Å². The highest BCUT2D eigenvalue weighted by molar-refractivity contribution is 5.86. The van der Waals surface area contributed by atoms with E-state index in [1.165, 1.54) is 5.56 Å². The van der Waals surface area contributed by atoms with Gasteiger partial charge >= 0.3 is 0 Å². The second-order valence-corrected chi connectivity index (χ2v) is 8.37. The number of rotatable bonds is 7. The minimum Gasteiger partial charge on any atom is -0.384 e. The number of nitrogens with one attached hydrogen (secondary N) is 1. The first kappa shape index (κ1) is 22.0. The highest BCUT2D eigenvalue weighted by Gasteiger charge is 2.14.